The molecule has 1 aromatic rings. The molecule has 0 bridgehead atoms. The van der Waals surface area contributed by atoms with Gasteiger partial charge in [-0.05, 0) is 43.2 Å². The largest absolute Gasteiger partial charge is 0.341 e. The van der Waals surface area contributed by atoms with Crippen LogP contribution >= 0.6 is 0 Å². The van der Waals surface area contributed by atoms with Gasteiger partial charge in [0.15, 0.2) is 0 Å². The topological polar surface area (TPSA) is 101 Å². The number of nitrogens with zero attached hydrogens (tertiary/aromatic N) is 2. The van der Waals surface area contributed by atoms with Crippen molar-refractivity contribution in [3.8, 4) is 0 Å². The zero-order chi connectivity index (χ0) is 19.9. The number of amides is 2. The zero-order valence-electron chi connectivity index (χ0n) is 16.0. The van der Waals surface area contributed by atoms with Crippen molar-refractivity contribution in [2.45, 2.75) is 43.9 Å². The molecule has 2 aliphatic heterocycles. The van der Waals surface area contributed by atoms with Crippen molar-refractivity contribution in [1.82, 2.24) is 4.90 Å². The first-order valence-corrected chi connectivity index (χ1v) is 11.7. The van der Waals surface area contributed by atoms with E-state index < -0.39 is 15.4 Å². The minimum Gasteiger partial charge on any atom is -0.341 e. The zero-order valence-corrected chi connectivity index (χ0v) is 16.8. The second-order valence-electron chi connectivity index (χ2n) is 8.35. The van der Waals surface area contributed by atoms with Gasteiger partial charge in [0.05, 0.1) is 11.2 Å². The minimum atomic E-state index is -3.56. The van der Waals surface area contributed by atoms with Gasteiger partial charge >= 0.3 is 0 Å². The number of hydrogen-bond donors (Lipinski definition) is 1. The fourth-order valence-electron chi connectivity index (χ4n) is 4.71. The van der Waals surface area contributed by atoms with Gasteiger partial charge in [0.2, 0.25) is 21.8 Å². The first-order valence-electron chi connectivity index (χ1n) is 10.00. The lowest BCUT2D eigenvalue weighted by molar-refractivity contribution is -0.130. The molecule has 152 valence electrons. The Morgan fingerprint density at radius 1 is 1.25 bits per heavy atom. The normalized spacial score (nSPS) is 24.7. The molecule has 1 aliphatic carbocycles. The lowest BCUT2D eigenvalue weighted by Crippen LogP contribution is -2.45. The molecule has 0 radical (unpaired) electrons. The molecule has 1 spiro atoms. The highest BCUT2D eigenvalue weighted by molar-refractivity contribution is 7.89. The van der Waals surface area contributed by atoms with Gasteiger partial charge in [0.25, 0.3) is 0 Å². The number of hydrogen-bond acceptors (Lipinski definition) is 4. The number of anilines is 1. The third-order valence-corrected chi connectivity index (χ3v) is 7.33. The summed E-state index contributed by atoms with van der Waals surface area (Å²) in [5, 5.41) is 5.01. The number of carbonyl (C=O) groups is 2. The number of rotatable bonds is 6. The fraction of sp³-hybridized carbons (Fsp3) is 0.600. The summed E-state index contributed by atoms with van der Waals surface area (Å²) in [5.74, 6) is 0.377. The maximum absolute atomic E-state index is 13.5. The van der Waals surface area contributed by atoms with E-state index in [2.05, 4.69) is 0 Å². The van der Waals surface area contributed by atoms with Gasteiger partial charge in [-0.25, -0.2) is 13.6 Å². The van der Waals surface area contributed by atoms with Gasteiger partial charge in [-0.15, -0.1) is 0 Å². The van der Waals surface area contributed by atoms with Crippen molar-refractivity contribution in [3.05, 3.63) is 29.8 Å². The van der Waals surface area contributed by atoms with Crippen LogP contribution in [-0.2, 0) is 25.0 Å². The van der Waals surface area contributed by atoms with Crippen molar-refractivity contribution in [1.29, 1.82) is 0 Å². The number of sulfonamides is 1. The van der Waals surface area contributed by atoms with E-state index in [0.29, 0.717) is 25.4 Å². The molecule has 2 fully saturated rings. The van der Waals surface area contributed by atoms with Crippen LogP contribution < -0.4 is 10.0 Å². The fourth-order valence-corrected chi connectivity index (χ4v) is 5.26. The van der Waals surface area contributed by atoms with Crippen LogP contribution in [0.15, 0.2) is 24.3 Å². The van der Waals surface area contributed by atoms with Crippen molar-refractivity contribution in [2.75, 3.05) is 30.3 Å². The molecule has 2 amide bonds. The quantitative estimate of drug-likeness (QED) is 0.772. The molecule has 28 heavy (non-hydrogen) atoms. The monoisotopic (exact) mass is 405 g/mol. The average molecular weight is 406 g/mol. The number of nitrogens with two attached hydrogens (primary N) is 1. The maximum atomic E-state index is 13.5. The Morgan fingerprint density at radius 3 is 2.68 bits per heavy atom. The standard InChI is InChI=1S/C20H27N3O4S/c21-28(26,27)12-4-9-18(24)22-11-10-20(14-22)16-7-1-2-8-17(16)23(19(20)25)13-15-5-3-6-15/h1-2,7-8,15H,3-6,9-14H2,(H2,21,26,27). The van der Waals surface area contributed by atoms with E-state index in [1.54, 1.807) is 4.90 Å². The Balaban J connectivity index is 1.50. The Kier molecular flexibility index (Phi) is 4.95. The lowest BCUT2D eigenvalue weighted by atomic mass is 9.81. The first kappa shape index (κ1) is 19.4. The summed E-state index contributed by atoms with van der Waals surface area (Å²) < 4.78 is 22.1. The molecule has 3 aliphatic rings. The van der Waals surface area contributed by atoms with E-state index in [4.69, 9.17) is 5.14 Å². The molecule has 1 aromatic carbocycles. The predicted molar refractivity (Wildman–Crippen MR) is 106 cm³/mol. The van der Waals surface area contributed by atoms with Crippen molar-refractivity contribution in [2.24, 2.45) is 11.1 Å². The summed E-state index contributed by atoms with van der Waals surface area (Å²) in [6.45, 7) is 1.66. The van der Waals surface area contributed by atoms with Gasteiger partial charge in [0.1, 0.15) is 0 Å². The number of benzene rings is 1. The van der Waals surface area contributed by atoms with Crippen LogP contribution in [0.5, 0.6) is 0 Å². The molecule has 1 unspecified atom stereocenters. The first-order chi connectivity index (χ1) is 13.3. The number of carbonyl (C=O) groups excluding carboxylic acids is 2. The van der Waals surface area contributed by atoms with Gasteiger partial charge in [-0.2, -0.15) is 0 Å². The van der Waals surface area contributed by atoms with Crippen molar-refractivity contribution < 1.29 is 18.0 Å². The highest BCUT2D eigenvalue weighted by Gasteiger charge is 2.55. The predicted octanol–water partition coefficient (Wildman–Crippen LogP) is 1.37. The minimum absolute atomic E-state index is 0.108. The summed E-state index contributed by atoms with van der Waals surface area (Å²) in [4.78, 5) is 29.7. The number of likely N-dealkylation sites (tertiary alicyclic amines) is 1. The molecule has 1 atom stereocenters. The molecule has 8 heteroatoms. The number of primary sulfonamides is 1. The maximum Gasteiger partial charge on any atom is 0.239 e. The van der Waals surface area contributed by atoms with Crippen LogP contribution in [0.1, 0.15) is 44.1 Å². The average Bonchev–Trinajstić information content (AvgIpc) is 3.14. The molecule has 1 saturated carbocycles. The Bertz CT molecular complexity index is 896. The molecule has 4 rings (SSSR count). The molecule has 7 nitrogen and oxygen atoms in total. The van der Waals surface area contributed by atoms with Crippen LogP contribution in [0.3, 0.4) is 0 Å². The smallest absolute Gasteiger partial charge is 0.239 e. The van der Waals surface area contributed by atoms with Gasteiger partial charge in [-0.3, -0.25) is 9.59 Å². The van der Waals surface area contributed by atoms with E-state index in [-0.39, 0.29) is 30.4 Å². The van der Waals surface area contributed by atoms with E-state index in [1.165, 1.54) is 19.3 Å². The second-order valence-corrected chi connectivity index (χ2v) is 10.1. The third-order valence-electron chi connectivity index (χ3n) is 6.47. The molecule has 0 aromatic heterocycles. The molecular formula is C20H27N3O4S. The van der Waals surface area contributed by atoms with Crippen LogP contribution in [0.25, 0.3) is 0 Å². The van der Waals surface area contributed by atoms with Gasteiger partial charge in [0, 0.05) is 31.7 Å². The number of fused-ring (bicyclic) bond motifs is 2. The molecule has 1 saturated heterocycles. The van der Waals surface area contributed by atoms with Crippen LogP contribution in [-0.4, -0.2) is 50.5 Å². The van der Waals surface area contributed by atoms with Gasteiger partial charge < -0.3 is 9.80 Å². The summed E-state index contributed by atoms with van der Waals surface area (Å²) in [7, 11) is -3.56. The SMILES string of the molecule is NS(=O)(=O)CCCC(=O)N1CCC2(C1)C(=O)N(CC1CCC1)c1ccccc12. The number of para-hydroxylation sites is 1. The lowest BCUT2D eigenvalue weighted by Gasteiger charge is -2.31. The van der Waals surface area contributed by atoms with Crippen molar-refractivity contribution >= 4 is 27.5 Å². The Morgan fingerprint density at radius 2 is 2.00 bits per heavy atom. The molecule has 2 N–H and O–H groups in total. The second kappa shape index (κ2) is 7.15. The van der Waals surface area contributed by atoms with Crippen molar-refractivity contribution in [3.63, 3.8) is 0 Å². The Labute approximate surface area is 165 Å². The summed E-state index contributed by atoms with van der Waals surface area (Å²) in [5.41, 5.74) is 1.36. The van der Waals surface area contributed by atoms with Gasteiger partial charge in [-0.1, -0.05) is 24.6 Å². The Hall–Kier alpha value is -1.93. The van der Waals surface area contributed by atoms with E-state index >= 15 is 0 Å². The van der Waals surface area contributed by atoms with Crippen LogP contribution in [0.2, 0.25) is 0 Å². The highest BCUT2D eigenvalue weighted by atomic mass is 32.2. The highest BCUT2D eigenvalue weighted by Crippen LogP contribution is 2.48. The van der Waals surface area contributed by atoms with E-state index in [9.17, 15) is 18.0 Å². The van der Waals surface area contributed by atoms with Crippen LogP contribution in [0.4, 0.5) is 5.69 Å². The molecular weight excluding hydrogens is 378 g/mol. The van der Waals surface area contributed by atoms with Crippen LogP contribution in [0, 0.1) is 5.92 Å². The van der Waals surface area contributed by atoms with E-state index in [0.717, 1.165) is 17.8 Å². The molecule has 2 heterocycles. The van der Waals surface area contributed by atoms with E-state index in [1.807, 2.05) is 29.2 Å². The summed E-state index contributed by atoms with van der Waals surface area (Å²) in [6.07, 6.45) is 4.54. The summed E-state index contributed by atoms with van der Waals surface area (Å²) in [6, 6.07) is 7.95. The summed E-state index contributed by atoms with van der Waals surface area (Å²) >= 11 is 0. The third kappa shape index (κ3) is 3.43.